The SMILES string of the molecule is Cc1ccc(-c2nc3n(n2)C(=O)C[C@H](c2ccc(C)cc2)S3)cc1. The topological polar surface area (TPSA) is 47.8 Å². The molecule has 5 heteroatoms. The number of thioether (sulfide) groups is 1. The van der Waals surface area contributed by atoms with Crippen LogP contribution in [0.5, 0.6) is 0 Å². The van der Waals surface area contributed by atoms with E-state index in [1.165, 1.54) is 15.8 Å². The summed E-state index contributed by atoms with van der Waals surface area (Å²) in [6.45, 7) is 4.11. The predicted octanol–water partition coefficient (Wildman–Crippen LogP) is 4.44. The highest BCUT2D eigenvalue weighted by atomic mass is 32.2. The van der Waals surface area contributed by atoms with Crippen molar-refractivity contribution in [3.8, 4) is 11.4 Å². The maximum absolute atomic E-state index is 12.5. The molecule has 24 heavy (non-hydrogen) atoms. The van der Waals surface area contributed by atoms with Crippen molar-refractivity contribution in [3.05, 3.63) is 65.2 Å². The van der Waals surface area contributed by atoms with Crippen LogP contribution in [0.1, 0.15) is 33.2 Å². The zero-order valence-corrected chi connectivity index (χ0v) is 14.4. The number of hydrogen-bond acceptors (Lipinski definition) is 4. The summed E-state index contributed by atoms with van der Waals surface area (Å²) < 4.78 is 1.45. The lowest BCUT2D eigenvalue weighted by atomic mass is 10.1. The Hall–Kier alpha value is -2.40. The van der Waals surface area contributed by atoms with Gasteiger partial charge in [0.15, 0.2) is 11.0 Å². The molecule has 0 radical (unpaired) electrons. The lowest BCUT2D eigenvalue weighted by molar-refractivity contribution is 0.0868. The normalized spacial score (nSPS) is 16.9. The Morgan fingerprint density at radius 1 is 1.00 bits per heavy atom. The number of fused-ring (bicyclic) bond motifs is 1. The van der Waals surface area contributed by atoms with E-state index in [9.17, 15) is 4.79 Å². The number of aryl methyl sites for hydroxylation is 2. The third-order valence-corrected chi connectivity index (χ3v) is 5.38. The van der Waals surface area contributed by atoms with Crippen LogP contribution in [0.2, 0.25) is 0 Å². The third-order valence-electron chi connectivity index (χ3n) is 4.18. The summed E-state index contributed by atoms with van der Waals surface area (Å²) >= 11 is 1.61. The van der Waals surface area contributed by atoms with Crippen molar-refractivity contribution < 1.29 is 4.79 Å². The van der Waals surface area contributed by atoms with E-state index in [0.29, 0.717) is 17.4 Å². The fourth-order valence-corrected chi connectivity index (χ4v) is 3.90. The van der Waals surface area contributed by atoms with Crippen molar-refractivity contribution in [2.45, 2.75) is 30.7 Å². The lowest BCUT2D eigenvalue weighted by Crippen LogP contribution is -2.20. The Bertz CT molecular complexity index is 897. The average Bonchev–Trinajstić information content (AvgIpc) is 3.01. The van der Waals surface area contributed by atoms with Crippen molar-refractivity contribution in [3.63, 3.8) is 0 Å². The first-order valence-corrected chi connectivity index (χ1v) is 8.78. The van der Waals surface area contributed by atoms with E-state index < -0.39 is 0 Å². The van der Waals surface area contributed by atoms with Gasteiger partial charge in [-0.3, -0.25) is 4.79 Å². The first-order chi connectivity index (χ1) is 11.6. The van der Waals surface area contributed by atoms with Crippen LogP contribution in [0.15, 0.2) is 53.7 Å². The Morgan fingerprint density at radius 3 is 2.29 bits per heavy atom. The third kappa shape index (κ3) is 2.76. The summed E-state index contributed by atoms with van der Waals surface area (Å²) in [7, 11) is 0. The quantitative estimate of drug-likeness (QED) is 0.695. The van der Waals surface area contributed by atoms with Crippen LogP contribution in [0.3, 0.4) is 0 Å². The van der Waals surface area contributed by atoms with Crippen molar-refractivity contribution in [1.29, 1.82) is 0 Å². The second-order valence-electron chi connectivity index (χ2n) is 6.11. The summed E-state index contributed by atoms with van der Waals surface area (Å²) in [5.41, 5.74) is 4.50. The molecule has 2 heterocycles. The smallest absolute Gasteiger partial charge is 0.250 e. The van der Waals surface area contributed by atoms with Gasteiger partial charge in [0.05, 0.1) is 0 Å². The number of carbonyl (C=O) groups is 1. The Labute approximate surface area is 144 Å². The van der Waals surface area contributed by atoms with Gasteiger partial charge in [0.2, 0.25) is 0 Å². The van der Waals surface area contributed by atoms with Crippen LogP contribution in [0.4, 0.5) is 0 Å². The molecule has 1 atom stereocenters. The van der Waals surface area contributed by atoms with E-state index in [1.54, 1.807) is 11.8 Å². The molecule has 4 nitrogen and oxygen atoms in total. The van der Waals surface area contributed by atoms with Gasteiger partial charge < -0.3 is 0 Å². The highest BCUT2D eigenvalue weighted by molar-refractivity contribution is 7.99. The first kappa shape index (κ1) is 15.1. The first-order valence-electron chi connectivity index (χ1n) is 7.91. The highest BCUT2D eigenvalue weighted by Gasteiger charge is 2.30. The second-order valence-corrected chi connectivity index (χ2v) is 7.28. The maximum Gasteiger partial charge on any atom is 0.250 e. The summed E-state index contributed by atoms with van der Waals surface area (Å²) in [5, 5.41) is 5.18. The molecule has 0 amide bonds. The molecular weight excluding hydrogens is 318 g/mol. The number of nitrogens with zero attached hydrogens (tertiary/aromatic N) is 3. The van der Waals surface area contributed by atoms with Crippen molar-refractivity contribution in [2.24, 2.45) is 0 Å². The molecule has 0 spiro atoms. The van der Waals surface area contributed by atoms with Gasteiger partial charge in [0.1, 0.15) is 0 Å². The summed E-state index contributed by atoms with van der Waals surface area (Å²) in [6.07, 6.45) is 0.442. The molecule has 0 N–H and O–H groups in total. The Balaban J connectivity index is 1.66. The van der Waals surface area contributed by atoms with Crippen molar-refractivity contribution >= 4 is 17.7 Å². The molecule has 2 aromatic carbocycles. The summed E-state index contributed by atoms with van der Waals surface area (Å²) in [6, 6.07) is 16.4. The molecule has 4 rings (SSSR count). The van der Waals surface area contributed by atoms with Gasteiger partial charge in [-0.1, -0.05) is 71.4 Å². The monoisotopic (exact) mass is 335 g/mol. The number of carbonyl (C=O) groups excluding carboxylic acids is 1. The molecule has 0 bridgehead atoms. The van der Waals surface area contributed by atoms with Crippen molar-refractivity contribution in [2.75, 3.05) is 0 Å². The number of hydrogen-bond donors (Lipinski definition) is 0. The zero-order valence-electron chi connectivity index (χ0n) is 13.6. The minimum Gasteiger partial charge on any atom is -0.272 e. The molecule has 1 aliphatic heterocycles. The largest absolute Gasteiger partial charge is 0.272 e. The standard InChI is InChI=1S/C19H17N3OS/c1-12-3-7-14(8-4-12)16-11-17(23)22-19(24-16)20-18(21-22)15-9-5-13(2)6-10-15/h3-10,16H,11H2,1-2H3/t16-/m1/s1. The maximum atomic E-state index is 12.5. The molecule has 3 aromatic rings. The minimum atomic E-state index is 0.000173. The number of aromatic nitrogens is 3. The molecule has 0 saturated heterocycles. The molecule has 0 saturated carbocycles. The molecule has 120 valence electrons. The van der Waals surface area contributed by atoms with Gasteiger partial charge in [-0.05, 0) is 19.4 Å². The van der Waals surface area contributed by atoms with Gasteiger partial charge in [-0.15, -0.1) is 5.10 Å². The molecule has 1 aromatic heterocycles. The lowest BCUT2D eigenvalue weighted by Gasteiger charge is -2.20. The van der Waals surface area contributed by atoms with Gasteiger partial charge in [-0.2, -0.15) is 4.68 Å². The molecule has 0 unspecified atom stereocenters. The van der Waals surface area contributed by atoms with E-state index in [1.807, 2.05) is 31.2 Å². The number of rotatable bonds is 2. The van der Waals surface area contributed by atoms with Crippen LogP contribution in [0, 0.1) is 13.8 Å². The molecule has 0 fully saturated rings. The Morgan fingerprint density at radius 2 is 1.62 bits per heavy atom. The second kappa shape index (κ2) is 5.91. The Kier molecular flexibility index (Phi) is 3.73. The van der Waals surface area contributed by atoms with Gasteiger partial charge in [-0.25, -0.2) is 4.98 Å². The van der Waals surface area contributed by atoms with E-state index in [0.717, 1.165) is 11.1 Å². The van der Waals surface area contributed by atoms with Crippen LogP contribution < -0.4 is 0 Å². The average molecular weight is 335 g/mol. The predicted molar refractivity (Wildman–Crippen MR) is 95.2 cm³/mol. The molecule has 1 aliphatic rings. The van der Waals surface area contributed by atoms with Crippen LogP contribution in [0.25, 0.3) is 11.4 Å². The van der Waals surface area contributed by atoms with Crippen LogP contribution in [-0.2, 0) is 0 Å². The van der Waals surface area contributed by atoms with Crippen LogP contribution in [-0.4, -0.2) is 20.7 Å². The number of benzene rings is 2. The molecule has 0 aliphatic carbocycles. The van der Waals surface area contributed by atoms with E-state index in [-0.39, 0.29) is 11.2 Å². The van der Waals surface area contributed by atoms with E-state index in [4.69, 9.17) is 0 Å². The highest BCUT2D eigenvalue weighted by Crippen LogP contribution is 2.41. The van der Waals surface area contributed by atoms with Gasteiger partial charge >= 0.3 is 0 Å². The van der Waals surface area contributed by atoms with Gasteiger partial charge in [0, 0.05) is 17.2 Å². The zero-order chi connectivity index (χ0) is 16.7. The molecular formula is C19H17N3OS. The van der Waals surface area contributed by atoms with E-state index >= 15 is 0 Å². The van der Waals surface area contributed by atoms with E-state index in [2.05, 4.69) is 41.3 Å². The van der Waals surface area contributed by atoms with Crippen LogP contribution >= 0.6 is 11.8 Å². The van der Waals surface area contributed by atoms with Gasteiger partial charge in [0.25, 0.3) is 5.91 Å². The summed E-state index contributed by atoms with van der Waals surface area (Å²) in [5.74, 6) is 0.607. The summed E-state index contributed by atoms with van der Waals surface area (Å²) in [4.78, 5) is 17.1. The fraction of sp³-hybridized carbons (Fsp3) is 0.211. The minimum absolute atomic E-state index is 0.000173. The fourth-order valence-electron chi connectivity index (χ4n) is 2.74. The van der Waals surface area contributed by atoms with Crippen molar-refractivity contribution in [1.82, 2.24) is 14.8 Å².